The smallest absolute Gasteiger partial charge is 0.245 e. The molecule has 2 rings (SSSR count). The second-order valence-corrected chi connectivity index (χ2v) is 5.28. The summed E-state index contributed by atoms with van der Waals surface area (Å²) in [6, 6.07) is 8.93. The van der Waals surface area contributed by atoms with Gasteiger partial charge in [-0.15, -0.1) is 0 Å². The molecule has 0 radical (unpaired) electrons. The van der Waals surface area contributed by atoms with Crippen molar-refractivity contribution in [1.29, 1.82) is 0 Å². The topological polar surface area (TPSA) is 80.0 Å². The van der Waals surface area contributed by atoms with Crippen molar-refractivity contribution in [2.24, 2.45) is 0 Å². The standard InChI is InChI=1S/C16H22N2O4/c1-12(19)18-15(11-21-8-7-14-10-22-14)16(20)17-9-13-5-3-2-4-6-13/h2-6,14-15H,7-11H2,1H3,(H,17,20)(H,18,19)/t14?,15-/m1/s1. The molecular weight excluding hydrogens is 284 g/mol. The SMILES string of the molecule is CC(=O)N[C@H](COCCC1CO1)C(=O)NCc1ccccc1. The maximum atomic E-state index is 12.2. The van der Waals surface area contributed by atoms with E-state index in [1.165, 1.54) is 6.92 Å². The number of carbonyl (C=O) groups is 2. The fraction of sp³-hybridized carbons (Fsp3) is 0.500. The second kappa shape index (κ2) is 8.51. The number of carbonyl (C=O) groups excluding carboxylic acids is 2. The molecule has 120 valence electrons. The third-order valence-corrected chi connectivity index (χ3v) is 3.27. The molecule has 0 saturated carbocycles. The van der Waals surface area contributed by atoms with Crippen molar-refractivity contribution < 1.29 is 19.1 Å². The number of hydrogen-bond acceptors (Lipinski definition) is 4. The van der Waals surface area contributed by atoms with Crippen molar-refractivity contribution in [2.75, 3.05) is 19.8 Å². The zero-order valence-electron chi connectivity index (χ0n) is 12.7. The average Bonchev–Trinajstić information content (AvgIpc) is 3.33. The van der Waals surface area contributed by atoms with E-state index in [4.69, 9.17) is 9.47 Å². The minimum Gasteiger partial charge on any atom is -0.379 e. The van der Waals surface area contributed by atoms with E-state index in [0.29, 0.717) is 19.3 Å². The van der Waals surface area contributed by atoms with Gasteiger partial charge in [-0.2, -0.15) is 0 Å². The monoisotopic (exact) mass is 306 g/mol. The van der Waals surface area contributed by atoms with E-state index in [2.05, 4.69) is 10.6 Å². The van der Waals surface area contributed by atoms with Gasteiger partial charge in [-0.1, -0.05) is 30.3 Å². The summed E-state index contributed by atoms with van der Waals surface area (Å²) in [6.07, 6.45) is 1.12. The number of rotatable bonds is 9. The zero-order chi connectivity index (χ0) is 15.8. The number of ether oxygens (including phenoxy) is 2. The van der Waals surface area contributed by atoms with Gasteiger partial charge in [0.15, 0.2) is 0 Å². The lowest BCUT2D eigenvalue weighted by Gasteiger charge is -2.17. The summed E-state index contributed by atoms with van der Waals surface area (Å²) >= 11 is 0. The Morgan fingerprint density at radius 1 is 1.36 bits per heavy atom. The Balaban J connectivity index is 1.75. The first kappa shape index (κ1) is 16.5. The molecule has 2 N–H and O–H groups in total. The Hall–Kier alpha value is -1.92. The predicted molar refractivity (Wildman–Crippen MR) is 81.1 cm³/mol. The van der Waals surface area contributed by atoms with Crippen LogP contribution in [0.15, 0.2) is 30.3 Å². The van der Waals surface area contributed by atoms with E-state index in [0.717, 1.165) is 18.6 Å². The van der Waals surface area contributed by atoms with E-state index in [1.54, 1.807) is 0 Å². The van der Waals surface area contributed by atoms with Gasteiger partial charge in [0.05, 0.1) is 19.3 Å². The average molecular weight is 306 g/mol. The van der Waals surface area contributed by atoms with Gasteiger partial charge >= 0.3 is 0 Å². The maximum absolute atomic E-state index is 12.2. The number of epoxide rings is 1. The third kappa shape index (κ3) is 6.24. The molecule has 2 amide bonds. The first-order chi connectivity index (χ1) is 10.6. The van der Waals surface area contributed by atoms with Crippen LogP contribution >= 0.6 is 0 Å². The van der Waals surface area contributed by atoms with E-state index >= 15 is 0 Å². The summed E-state index contributed by atoms with van der Waals surface area (Å²) in [5.41, 5.74) is 1.00. The molecule has 1 heterocycles. The highest BCUT2D eigenvalue weighted by molar-refractivity contribution is 5.86. The highest BCUT2D eigenvalue weighted by Gasteiger charge is 2.23. The summed E-state index contributed by atoms with van der Waals surface area (Å²) in [4.78, 5) is 23.4. The maximum Gasteiger partial charge on any atom is 0.245 e. The molecule has 0 aliphatic carbocycles. The van der Waals surface area contributed by atoms with Gasteiger partial charge in [-0.3, -0.25) is 9.59 Å². The number of amides is 2. The van der Waals surface area contributed by atoms with Gasteiger partial charge in [0, 0.05) is 20.1 Å². The van der Waals surface area contributed by atoms with Crippen LogP contribution in [0, 0.1) is 0 Å². The van der Waals surface area contributed by atoms with Crippen molar-refractivity contribution >= 4 is 11.8 Å². The molecule has 1 fully saturated rings. The summed E-state index contributed by atoms with van der Waals surface area (Å²) in [5.74, 6) is -0.504. The van der Waals surface area contributed by atoms with Crippen LogP contribution in [0.5, 0.6) is 0 Å². The Bertz CT molecular complexity index is 488. The summed E-state index contributed by atoms with van der Waals surface area (Å²) < 4.78 is 10.6. The zero-order valence-corrected chi connectivity index (χ0v) is 12.7. The van der Waals surface area contributed by atoms with Crippen LogP contribution in [0.3, 0.4) is 0 Å². The van der Waals surface area contributed by atoms with Crippen molar-refractivity contribution in [3.8, 4) is 0 Å². The molecule has 1 saturated heterocycles. The Morgan fingerprint density at radius 3 is 2.73 bits per heavy atom. The van der Waals surface area contributed by atoms with Gasteiger partial charge in [0.25, 0.3) is 0 Å². The minimum absolute atomic E-state index is 0.160. The molecule has 2 atom stereocenters. The van der Waals surface area contributed by atoms with Crippen LogP contribution in [-0.4, -0.2) is 43.8 Å². The first-order valence-electron chi connectivity index (χ1n) is 7.43. The molecule has 6 heteroatoms. The van der Waals surface area contributed by atoms with E-state index in [9.17, 15) is 9.59 Å². The number of hydrogen-bond donors (Lipinski definition) is 2. The van der Waals surface area contributed by atoms with Crippen molar-refractivity contribution in [3.05, 3.63) is 35.9 Å². The molecule has 0 spiro atoms. The fourth-order valence-electron chi connectivity index (χ4n) is 1.99. The van der Waals surface area contributed by atoms with Crippen LogP contribution < -0.4 is 10.6 Å². The van der Waals surface area contributed by atoms with Crippen LogP contribution in [0.1, 0.15) is 18.9 Å². The molecule has 0 aromatic heterocycles. The summed E-state index contributed by atoms with van der Waals surface area (Å²) in [6.45, 7) is 3.27. The minimum atomic E-state index is -0.679. The number of benzene rings is 1. The first-order valence-corrected chi connectivity index (χ1v) is 7.43. The highest BCUT2D eigenvalue weighted by Crippen LogP contribution is 2.12. The number of nitrogens with one attached hydrogen (secondary N) is 2. The van der Waals surface area contributed by atoms with E-state index in [-0.39, 0.29) is 18.4 Å². The van der Waals surface area contributed by atoms with E-state index < -0.39 is 6.04 Å². The van der Waals surface area contributed by atoms with Gasteiger partial charge < -0.3 is 20.1 Å². The van der Waals surface area contributed by atoms with Crippen LogP contribution in [0.2, 0.25) is 0 Å². The van der Waals surface area contributed by atoms with Gasteiger partial charge in [-0.25, -0.2) is 0 Å². The highest BCUT2D eigenvalue weighted by atomic mass is 16.6. The van der Waals surface area contributed by atoms with Crippen molar-refractivity contribution in [1.82, 2.24) is 10.6 Å². The van der Waals surface area contributed by atoms with Crippen LogP contribution in [0.25, 0.3) is 0 Å². The fourth-order valence-corrected chi connectivity index (χ4v) is 1.99. The van der Waals surface area contributed by atoms with Crippen molar-refractivity contribution in [3.63, 3.8) is 0 Å². The third-order valence-electron chi connectivity index (χ3n) is 3.27. The lowest BCUT2D eigenvalue weighted by molar-refractivity contribution is -0.129. The Morgan fingerprint density at radius 2 is 2.09 bits per heavy atom. The largest absolute Gasteiger partial charge is 0.379 e. The molecule has 1 aliphatic heterocycles. The molecule has 1 unspecified atom stereocenters. The Labute approximate surface area is 130 Å². The molecule has 22 heavy (non-hydrogen) atoms. The summed E-state index contributed by atoms with van der Waals surface area (Å²) in [7, 11) is 0. The molecule has 0 bridgehead atoms. The van der Waals surface area contributed by atoms with Crippen LogP contribution in [0.4, 0.5) is 0 Å². The van der Waals surface area contributed by atoms with E-state index in [1.807, 2.05) is 30.3 Å². The molecule has 6 nitrogen and oxygen atoms in total. The van der Waals surface area contributed by atoms with Gasteiger partial charge in [0.1, 0.15) is 6.04 Å². The van der Waals surface area contributed by atoms with Crippen molar-refractivity contribution in [2.45, 2.75) is 32.0 Å². The molecule has 1 aliphatic rings. The lowest BCUT2D eigenvalue weighted by Crippen LogP contribution is -2.48. The quantitative estimate of drug-likeness (QED) is 0.517. The molecule has 1 aromatic carbocycles. The Kier molecular flexibility index (Phi) is 6.36. The molecular formula is C16H22N2O4. The molecule has 1 aromatic rings. The van der Waals surface area contributed by atoms with Crippen LogP contribution in [-0.2, 0) is 25.6 Å². The second-order valence-electron chi connectivity index (χ2n) is 5.28. The normalized spacial score (nSPS) is 17.6. The van der Waals surface area contributed by atoms with Gasteiger partial charge in [-0.05, 0) is 12.0 Å². The predicted octanol–water partition coefficient (Wildman–Crippen LogP) is 0.613. The summed E-state index contributed by atoms with van der Waals surface area (Å²) in [5, 5.41) is 5.42. The lowest BCUT2D eigenvalue weighted by atomic mass is 10.2. The van der Waals surface area contributed by atoms with Gasteiger partial charge in [0.2, 0.25) is 11.8 Å².